The predicted octanol–water partition coefficient (Wildman–Crippen LogP) is 8.59. The number of rotatable bonds is 5. The average molecular weight is 567 g/mol. The molecule has 4 aromatic carbocycles. The van der Waals surface area contributed by atoms with Crippen LogP contribution in [0, 0.1) is 6.92 Å². The lowest BCUT2D eigenvalue weighted by Crippen LogP contribution is -2.03. The third kappa shape index (κ3) is 6.05. The van der Waals surface area contributed by atoms with Crippen molar-refractivity contribution in [3.8, 4) is 17.2 Å². The van der Waals surface area contributed by atoms with Crippen molar-refractivity contribution in [2.45, 2.75) is 35.1 Å². The zero-order valence-electron chi connectivity index (χ0n) is 21.8. The number of furan rings is 2. The third-order valence-corrected chi connectivity index (χ3v) is 6.55. The number of phenolic OH excluding ortho intramolecular Hbond substituents is 3. The number of aromatic hydroxyl groups is 3. The topological polar surface area (TPSA) is 121 Å². The van der Waals surface area contributed by atoms with Crippen LogP contribution in [0.1, 0.15) is 65.1 Å². The van der Waals surface area contributed by atoms with E-state index in [1.54, 1.807) is 37.3 Å². The molecule has 2 aromatic heterocycles. The summed E-state index contributed by atoms with van der Waals surface area (Å²) in [6.07, 6.45) is 0.578. The van der Waals surface area contributed by atoms with Crippen LogP contribution in [0.4, 0.5) is 0 Å². The Kier molecular flexibility index (Phi) is 9.60. The Morgan fingerprint density at radius 1 is 0.619 bits per heavy atom. The molecule has 3 N–H and O–H groups in total. The zero-order chi connectivity index (χ0) is 28.4. The Hall–Kier alpha value is -5.30. The fourth-order valence-corrected chi connectivity index (χ4v) is 4.60. The van der Waals surface area contributed by atoms with Gasteiger partial charge in [-0.25, -0.2) is 0 Å². The van der Waals surface area contributed by atoms with Crippen molar-refractivity contribution in [3.05, 3.63) is 125 Å². The van der Waals surface area contributed by atoms with Gasteiger partial charge in [0.15, 0.2) is 11.6 Å². The Labute approximate surface area is 244 Å². The van der Waals surface area contributed by atoms with Crippen molar-refractivity contribution in [2.24, 2.45) is 0 Å². The van der Waals surface area contributed by atoms with Crippen molar-refractivity contribution in [2.75, 3.05) is 0 Å². The Morgan fingerprint density at radius 3 is 1.69 bits per heavy atom. The Bertz CT molecular complexity index is 1840. The molecule has 0 aliphatic carbocycles. The summed E-state index contributed by atoms with van der Waals surface area (Å²) >= 11 is 0. The van der Waals surface area contributed by atoms with E-state index in [0.717, 1.165) is 5.39 Å². The quantitative estimate of drug-likeness (QED) is 0.179. The number of phenols is 3. The van der Waals surface area contributed by atoms with Crippen LogP contribution in [-0.2, 0) is 6.42 Å². The highest BCUT2D eigenvalue weighted by Crippen LogP contribution is 2.32. The normalized spacial score (nSPS) is 10.3. The minimum Gasteiger partial charge on any atom is -0.508 e. The van der Waals surface area contributed by atoms with Gasteiger partial charge in [0.25, 0.3) is 0 Å². The summed E-state index contributed by atoms with van der Waals surface area (Å²) in [6.45, 7) is 3.69. The molecule has 0 saturated heterocycles. The maximum absolute atomic E-state index is 12.7. The Balaban J connectivity index is 0.000000221. The summed E-state index contributed by atoms with van der Waals surface area (Å²) in [4.78, 5) is 25.2. The summed E-state index contributed by atoms with van der Waals surface area (Å²) in [5.41, 5.74) is 3.34. The molecule has 0 unspecified atom stereocenters. The van der Waals surface area contributed by atoms with E-state index in [9.17, 15) is 24.9 Å². The van der Waals surface area contributed by atoms with Crippen molar-refractivity contribution in [1.29, 1.82) is 0 Å². The molecule has 0 fully saturated rings. The van der Waals surface area contributed by atoms with Crippen LogP contribution < -0.4 is 0 Å². The number of hydrogen-bond acceptors (Lipinski definition) is 7. The lowest BCUT2D eigenvalue weighted by molar-refractivity contribution is 0.103. The average Bonchev–Trinajstić information content (AvgIpc) is 3.49. The number of fused-ring (bicyclic) bond motifs is 2. The molecule has 2 heterocycles. The van der Waals surface area contributed by atoms with Gasteiger partial charge in [-0.15, -0.1) is 0 Å². The standard InChI is InChI=1S/C17H14O4.C16H12O3.2CH4/c1-2-14-16(13-9-12(19)7-8-15(13)21-14)17(20)10-3-5-11(18)6-4-10;1-10-15(13-4-2-3-5-14(13)19-10)16(18)11-6-8-12(17)9-7-11;;/h3-9,18-19H,2H2,1H3;2-9,17H,1H3;2*1H4. The van der Waals surface area contributed by atoms with Crippen LogP contribution in [0.5, 0.6) is 17.2 Å². The fourth-order valence-electron chi connectivity index (χ4n) is 4.60. The van der Waals surface area contributed by atoms with E-state index in [0.29, 0.717) is 56.7 Å². The van der Waals surface area contributed by atoms with Crippen LogP contribution in [-0.4, -0.2) is 26.9 Å². The van der Waals surface area contributed by atoms with Crippen LogP contribution in [0.25, 0.3) is 21.9 Å². The van der Waals surface area contributed by atoms with Gasteiger partial charge < -0.3 is 24.2 Å². The van der Waals surface area contributed by atoms with Crippen LogP contribution in [0.2, 0.25) is 0 Å². The minimum atomic E-state index is -0.184. The van der Waals surface area contributed by atoms with E-state index < -0.39 is 0 Å². The first-order chi connectivity index (χ1) is 19.3. The van der Waals surface area contributed by atoms with Gasteiger partial charge in [0, 0.05) is 28.3 Å². The van der Waals surface area contributed by atoms with Gasteiger partial charge in [0.2, 0.25) is 0 Å². The van der Waals surface area contributed by atoms with Gasteiger partial charge >= 0.3 is 0 Å². The van der Waals surface area contributed by atoms with E-state index >= 15 is 0 Å². The molecule has 0 aliphatic heterocycles. The number of ketones is 2. The van der Waals surface area contributed by atoms with Gasteiger partial charge in [0.1, 0.15) is 39.9 Å². The minimum absolute atomic E-state index is 0. The van der Waals surface area contributed by atoms with Gasteiger partial charge in [-0.05, 0) is 79.7 Å². The van der Waals surface area contributed by atoms with Crippen molar-refractivity contribution in [3.63, 3.8) is 0 Å². The fraction of sp³-hybridized carbons (Fsp3) is 0.143. The molecule has 0 aliphatic rings. The number of benzene rings is 4. The molecule has 7 heteroatoms. The highest BCUT2D eigenvalue weighted by Gasteiger charge is 2.22. The first-order valence-corrected chi connectivity index (χ1v) is 12.7. The molecule has 0 saturated carbocycles. The molecule has 6 aromatic rings. The number of carbonyl (C=O) groups excluding carboxylic acids is 2. The molecule has 7 nitrogen and oxygen atoms in total. The molecule has 0 radical (unpaired) electrons. The summed E-state index contributed by atoms with van der Waals surface area (Å²) in [7, 11) is 0. The van der Waals surface area contributed by atoms with E-state index in [-0.39, 0.29) is 43.7 Å². The highest BCUT2D eigenvalue weighted by molar-refractivity contribution is 6.17. The lowest BCUT2D eigenvalue weighted by Gasteiger charge is -2.02. The van der Waals surface area contributed by atoms with Gasteiger partial charge in [0.05, 0.1) is 11.1 Å². The number of hydrogen-bond donors (Lipinski definition) is 3. The van der Waals surface area contributed by atoms with Crippen molar-refractivity contribution >= 4 is 33.5 Å². The van der Waals surface area contributed by atoms with Crippen LogP contribution in [0.3, 0.4) is 0 Å². The molecule has 6 rings (SSSR count). The van der Waals surface area contributed by atoms with Crippen molar-refractivity contribution in [1.82, 2.24) is 0 Å². The van der Waals surface area contributed by atoms with Gasteiger partial charge in [-0.3, -0.25) is 9.59 Å². The molecular weight excluding hydrogens is 532 g/mol. The second-order valence-corrected chi connectivity index (χ2v) is 9.22. The monoisotopic (exact) mass is 566 g/mol. The van der Waals surface area contributed by atoms with Crippen LogP contribution in [0.15, 0.2) is 99.8 Å². The smallest absolute Gasteiger partial charge is 0.197 e. The van der Waals surface area contributed by atoms with E-state index in [2.05, 4.69) is 0 Å². The lowest BCUT2D eigenvalue weighted by atomic mass is 9.99. The third-order valence-electron chi connectivity index (χ3n) is 6.55. The summed E-state index contributed by atoms with van der Waals surface area (Å²) in [5.74, 6) is 1.26. The SMILES string of the molecule is C.C.CCc1oc2ccc(O)cc2c1C(=O)c1ccc(O)cc1.Cc1oc2ccccc2c1C(=O)c1ccc(O)cc1. The summed E-state index contributed by atoms with van der Waals surface area (Å²) < 4.78 is 11.3. The van der Waals surface area contributed by atoms with Gasteiger partial charge in [-0.1, -0.05) is 40.0 Å². The molecular formula is C35H34O7. The molecule has 0 bridgehead atoms. The number of aryl methyl sites for hydroxylation is 2. The first kappa shape index (κ1) is 31.2. The molecule has 216 valence electrons. The second kappa shape index (κ2) is 12.9. The summed E-state index contributed by atoms with van der Waals surface area (Å²) in [5, 5.41) is 29.6. The summed E-state index contributed by atoms with van der Waals surface area (Å²) in [6, 6.07) is 24.5. The largest absolute Gasteiger partial charge is 0.508 e. The number of para-hydroxylation sites is 1. The maximum atomic E-state index is 12.7. The van der Waals surface area contributed by atoms with E-state index in [1.165, 1.54) is 36.4 Å². The molecule has 0 amide bonds. The second-order valence-electron chi connectivity index (χ2n) is 9.22. The Morgan fingerprint density at radius 2 is 1.12 bits per heavy atom. The first-order valence-electron chi connectivity index (χ1n) is 12.7. The number of carbonyl (C=O) groups is 2. The van der Waals surface area contributed by atoms with Gasteiger partial charge in [-0.2, -0.15) is 0 Å². The van der Waals surface area contributed by atoms with E-state index in [1.807, 2.05) is 31.2 Å². The van der Waals surface area contributed by atoms with E-state index in [4.69, 9.17) is 8.83 Å². The van der Waals surface area contributed by atoms with Crippen LogP contribution >= 0.6 is 0 Å². The zero-order valence-corrected chi connectivity index (χ0v) is 21.8. The molecule has 0 spiro atoms. The molecule has 42 heavy (non-hydrogen) atoms. The van der Waals surface area contributed by atoms with Crippen molar-refractivity contribution < 1.29 is 33.7 Å². The highest BCUT2D eigenvalue weighted by atomic mass is 16.3. The predicted molar refractivity (Wildman–Crippen MR) is 165 cm³/mol. The molecule has 0 atom stereocenters. The maximum Gasteiger partial charge on any atom is 0.197 e.